The van der Waals surface area contributed by atoms with Gasteiger partial charge >= 0.3 is 6.36 Å². The van der Waals surface area contributed by atoms with E-state index < -0.39 is 23.7 Å². The Morgan fingerprint density at radius 2 is 2.00 bits per heavy atom. The van der Waals surface area contributed by atoms with E-state index in [0.29, 0.717) is 6.07 Å². The first-order valence-corrected chi connectivity index (χ1v) is 3.74. The van der Waals surface area contributed by atoms with Crippen LogP contribution in [-0.2, 0) is 6.54 Å². The maximum atomic E-state index is 12.9. The Bertz CT molecular complexity index is 366. The number of hydrogen-bond donors (Lipinski definition) is 2. The average molecular weight is 225 g/mol. The summed E-state index contributed by atoms with van der Waals surface area (Å²) in [7, 11) is 0. The number of pyridine rings is 1. The molecule has 0 fully saturated rings. The largest absolute Gasteiger partial charge is 0.574 e. The first-order valence-electron chi connectivity index (χ1n) is 3.74. The van der Waals surface area contributed by atoms with Gasteiger partial charge in [-0.25, -0.2) is 9.37 Å². The lowest BCUT2D eigenvalue weighted by Crippen LogP contribution is -2.20. The van der Waals surface area contributed by atoms with Gasteiger partial charge in [0.2, 0.25) is 5.88 Å². The molecular weight excluding hydrogens is 218 g/mol. The van der Waals surface area contributed by atoms with E-state index in [1.807, 2.05) is 0 Å². The van der Waals surface area contributed by atoms with Crippen molar-refractivity contribution in [1.82, 2.24) is 4.98 Å². The van der Waals surface area contributed by atoms with Crippen LogP contribution in [-0.4, -0.2) is 11.3 Å². The fraction of sp³-hybridized carbons (Fsp3) is 0.286. The molecule has 0 radical (unpaired) electrons. The molecule has 0 atom stereocenters. The minimum Gasteiger partial charge on any atom is -0.394 e. The summed E-state index contributed by atoms with van der Waals surface area (Å²) in [6.07, 6.45) is -4.93. The van der Waals surface area contributed by atoms with Gasteiger partial charge in [0.15, 0.2) is 0 Å². The predicted molar refractivity (Wildman–Crippen MR) is 43.2 cm³/mol. The van der Waals surface area contributed by atoms with Gasteiger partial charge in [0.1, 0.15) is 5.82 Å². The van der Waals surface area contributed by atoms with Gasteiger partial charge in [0.05, 0.1) is 11.4 Å². The highest BCUT2D eigenvalue weighted by Gasteiger charge is 2.33. The third-order valence-corrected chi connectivity index (χ3v) is 1.45. The zero-order chi connectivity index (χ0) is 11.6. The van der Waals surface area contributed by atoms with Crippen LogP contribution in [0, 0.1) is 5.82 Å². The van der Waals surface area contributed by atoms with Crippen LogP contribution in [0.1, 0.15) is 5.69 Å². The molecule has 0 bridgehead atoms. The summed E-state index contributed by atoms with van der Waals surface area (Å²) in [6.45, 7) is -0.347. The molecule has 8 heteroatoms. The van der Waals surface area contributed by atoms with Crippen LogP contribution in [0.3, 0.4) is 0 Å². The number of nitrogens with zero attached hydrogens (tertiary/aromatic N) is 1. The van der Waals surface area contributed by atoms with Crippen LogP contribution in [0.25, 0.3) is 0 Å². The van der Waals surface area contributed by atoms with Gasteiger partial charge in [-0.15, -0.1) is 13.2 Å². The quantitative estimate of drug-likeness (QED) is 0.740. The summed E-state index contributed by atoms with van der Waals surface area (Å²) in [6, 6.07) is 0.677. The fourth-order valence-corrected chi connectivity index (χ4v) is 0.857. The van der Waals surface area contributed by atoms with Crippen LogP contribution in [0.4, 0.5) is 23.2 Å². The zero-order valence-electron chi connectivity index (χ0n) is 7.31. The lowest BCUT2D eigenvalue weighted by Gasteiger charge is -2.11. The van der Waals surface area contributed by atoms with Crippen LogP contribution >= 0.6 is 0 Å². The Hall–Kier alpha value is -1.57. The van der Waals surface area contributed by atoms with Gasteiger partial charge < -0.3 is 16.2 Å². The van der Waals surface area contributed by atoms with Crippen molar-refractivity contribution in [3.05, 3.63) is 17.6 Å². The molecule has 84 valence electrons. The van der Waals surface area contributed by atoms with E-state index in [4.69, 9.17) is 11.5 Å². The first-order chi connectivity index (χ1) is 6.83. The van der Waals surface area contributed by atoms with Crippen molar-refractivity contribution in [2.75, 3.05) is 5.73 Å². The summed E-state index contributed by atoms with van der Waals surface area (Å²) < 4.78 is 51.8. The monoisotopic (exact) mass is 225 g/mol. The van der Waals surface area contributed by atoms with Crippen molar-refractivity contribution in [2.24, 2.45) is 5.73 Å². The number of nitrogen functional groups attached to an aromatic ring is 1. The fourth-order valence-electron chi connectivity index (χ4n) is 0.857. The number of rotatable bonds is 2. The van der Waals surface area contributed by atoms with Crippen molar-refractivity contribution < 1.29 is 22.3 Å². The van der Waals surface area contributed by atoms with Gasteiger partial charge in [-0.3, -0.25) is 0 Å². The van der Waals surface area contributed by atoms with Crippen LogP contribution < -0.4 is 16.2 Å². The molecule has 4 N–H and O–H groups in total. The summed E-state index contributed by atoms with van der Waals surface area (Å²) in [4.78, 5) is 3.21. The van der Waals surface area contributed by atoms with Crippen molar-refractivity contribution >= 4 is 5.69 Å². The van der Waals surface area contributed by atoms with E-state index >= 15 is 0 Å². The smallest absolute Gasteiger partial charge is 0.394 e. The van der Waals surface area contributed by atoms with Gasteiger partial charge in [-0.05, 0) is 0 Å². The molecule has 1 heterocycles. The van der Waals surface area contributed by atoms with Gasteiger partial charge in [-0.1, -0.05) is 0 Å². The third kappa shape index (κ3) is 2.94. The maximum Gasteiger partial charge on any atom is 0.574 e. The van der Waals surface area contributed by atoms with Crippen LogP contribution in [0.15, 0.2) is 6.07 Å². The molecule has 0 spiro atoms. The number of anilines is 1. The summed E-state index contributed by atoms with van der Waals surface area (Å²) in [5.41, 5.74) is 9.25. The topological polar surface area (TPSA) is 74.2 Å². The second kappa shape index (κ2) is 3.89. The number of hydrogen-bond acceptors (Lipinski definition) is 4. The van der Waals surface area contributed by atoms with Crippen LogP contribution in [0.5, 0.6) is 5.88 Å². The van der Waals surface area contributed by atoms with Gasteiger partial charge in [0.25, 0.3) is 0 Å². The highest BCUT2D eigenvalue weighted by atomic mass is 19.4. The Morgan fingerprint density at radius 3 is 2.47 bits per heavy atom. The van der Waals surface area contributed by atoms with E-state index in [2.05, 4.69) is 9.72 Å². The number of ether oxygens (including phenoxy) is 1. The summed E-state index contributed by atoms with van der Waals surface area (Å²) in [5, 5.41) is 0. The summed E-state index contributed by atoms with van der Waals surface area (Å²) in [5.74, 6) is -1.77. The Labute approximate surface area is 81.8 Å². The Morgan fingerprint density at radius 1 is 1.40 bits per heavy atom. The normalized spacial score (nSPS) is 11.5. The Kier molecular flexibility index (Phi) is 2.98. The standard InChI is InChI=1S/C7H7F4N3O/c8-3-1-4(13)6(14-5(3)2-12)15-7(9,10)11/h1H,2,12-13H2. The summed E-state index contributed by atoms with van der Waals surface area (Å²) >= 11 is 0. The molecular formula is C7H7F4N3O. The number of alkyl halides is 3. The molecule has 0 saturated carbocycles. The molecule has 0 aliphatic heterocycles. The SMILES string of the molecule is NCc1nc(OC(F)(F)F)c(N)cc1F. The molecule has 1 aromatic rings. The highest BCUT2D eigenvalue weighted by molar-refractivity contribution is 5.48. The average Bonchev–Trinajstić information content (AvgIpc) is 2.07. The third-order valence-electron chi connectivity index (χ3n) is 1.45. The molecule has 1 rings (SSSR count). The molecule has 0 aliphatic carbocycles. The second-order valence-electron chi connectivity index (χ2n) is 2.56. The minimum atomic E-state index is -4.93. The number of halogens is 4. The molecule has 0 saturated heterocycles. The highest BCUT2D eigenvalue weighted by Crippen LogP contribution is 2.27. The van der Waals surface area contributed by atoms with Crippen molar-refractivity contribution in [3.63, 3.8) is 0 Å². The molecule has 0 unspecified atom stereocenters. The second-order valence-corrected chi connectivity index (χ2v) is 2.56. The van der Waals surface area contributed by atoms with E-state index in [0.717, 1.165) is 0 Å². The Balaban J connectivity index is 3.08. The van der Waals surface area contributed by atoms with E-state index in [9.17, 15) is 17.6 Å². The molecule has 1 aromatic heterocycles. The van der Waals surface area contributed by atoms with Crippen LogP contribution in [0.2, 0.25) is 0 Å². The lowest BCUT2D eigenvalue weighted by molar-refractivity contribution is -0.275. The minimum absolute atomic E-state index is 0.344. The molecule has 15 heavy (non-hydrogen) atoms. The van der Waals surface area contributed by atoms with Gasteiger partial charge in [-0.2, -0.15) is 0 Å². The van der Waals surface area contributed by atoms with Crippen molar-refractivity contribution in [2.45, 2.75) is 12.9 Å². The van der Waals surface area contributed by atoms with Gasteiger partial charge in [0, 0.05) is 12.6 Å². The predicted octanol–water partition coefficient (Wildman–Crippen LogP) is 1.16. The molecule has 0 amide bonds. The number of aromatic nitrogens is 1. The van der Waals surface area contributed by atoms with E-state index in [1.165, 1.54) is 0 Å². The molecule has 0 aliphatic rings. The van der Waals surface area contributed by atoms with E-state index in [-0.39, 0.29) is 12.2 Å². The van der Waals surface area contributed by atoms with E-state index in [1.54, 1.807) is 0 Å². The maximum absolute atomic E-state index is 12.9. The number of nitrogens with two attached hydrogens (primary N) is 2. The molecule has 4 nitrogen and oxygen atoms in total. The van der Waals surface area contributed by atoms with Crippen molar-refractivity contribution in [1.29, 1.82) is 0 Å². The zero-order valence-corrected chi connectivity index (χ0v) is 7.31. The molecule has 0 aromatic carbocycles. The van der Waals surface area contributed by atoms with Crippen molar-refractivity contribution in [3.8, 4) is 5.88 Å². The first kappa shape index (κ1) is 11.5. The lowest BCUT2D eigenvalue weighted by atomic mass is 10.3.